The molecular weight excluding hydrogens is 362 g/mol. The molecule has 0 aromatic rings. The maximum absolute atomic E-state index is 12.5. The molecule has 4 fully saturated rings. The van der Waals surface area contributed by atoms with Gasteiger partial charge in [-0.05, 0) is 105 Å². The Bertz CT molecular complexity index is 711. The van der Waals surface area contributed by atoms with Crippen molar-refractivity contribution in [1.82, 2.24) is 5.32 Å². The zero-order valence-corrected chi connectivity index (χ0v) is 18.1. The Kier molecular flexibility index (Phi) is 4.92. The Balaban J connectivity index is 1.32. The van der Waals surface area contributed by atoms with Gasteiger partial charge in [0.15, 0.2) is 0 Å². The molecule has 0 aromatic carbocycles. The Labute approximate surface area is 175 Å². The normalized spacial score (nSPS) is 48.8. The van der Waals surface area contributed by atoms with Crippen molar-refractivity contribution in [2.75, 3.05) is 6.54 Å². The van der Waals surface area contributed by atoms with Crippen molar-refractivity contribution in [3.8, 4) is 0 Å². The molecule has 0 bridgehead atoms. The van der Waals surface area contributed by atoms with Crippen LogP contribution in [0.15, 0.2) is 11.6 Å². The monoisotopic (exact) mass is 399 g/mol. The van der Waals surface area contributed by atoms with Gasteiger partial charge in [0, 0.05) is 5.92 Å². The molecule has 4 heteroatoms. The third-order valence-corrected chi connectivity index (χ3v) is 9.92. The quantitative estimate of drug-likeness (QED) is 0.433. The van der Waals surface area contributed by atoms with Crippen molar-refractivity contribution in [1.29, 1.82) is 0 Å². The van der Waals surface area contributed by atoms with Crippen molar-refractivity contribution >= 4 is 12.3 Å². The first-order valence-corrected chi connectivity index (χ1v) is 12.1. The van der Waals surface area contributed by atoms with Crippen LogP contribution in [0.1, 0.15) is 78.1 Å². The average molecular weight is 400 g/mol. The van der Waals surface area contributed by atoms with E-state index in [1.807, 2.05) is 0 Å². The van der Waals surface area contributed by atoms with Crippen LogP contribution in [0.4, 0.5) is 0 Å². The lowest BCUT2D eigenvalue weighted by Crippen LogP contribution is -2.51. The van der Waals surface area contributed by atoms with E-state index in [0.717, 1.165) is 62.8 Å². The number of rotatable bonds is 3. The molecule has 29 heavy (non-hydrogen) atoms. The fourth-order valence-electron chi connectivity index (χ4n) is 8.17. The van der Waals surface area contributed by atoms with E-state index in [-0.39, 0.29) is 34.9 Å². The van der Waals surface area contributed by atoms with Crippen molar-refractivity contribution < 1.29 is 14.3 Å². The molecule has 5 aliphatic rings. The average Bonchev–Trinajstić information content (AvgIpc) is 3.35. The molecule has 4 aliphatic carbocycles. The number of ether oxygens (including phenoxy) is 1. The minimum absolute atomic E-state index is 0.0377. The largest absolute Gasteiger partial charge is 0.457 e. The van der Waals surface area contributed by atoms with Crippen molar-refractivity contribution in [3.05, 3.63) is 11.6 Å². The highest BCUT2D eigenvalue weighted by atomic mass is 16.5. The highest BCUT2D eigenvalue weighted by Crippen LogP contribution is 2.66. The zero-order chi connectivity index (χ0) is 20.2. The summed E-state index contributed by atoms with van der Waals surface area (Å²) in [5.41, 5.74) is 2.05. The minimum atomic E-state index is -0.0957. The number of hydrogen-bond donors (Lipinski definition) is 1. The van der Waals surface area contributed by atoms with Crippen molar-refractivity contribution in [2.24, 2.45) is 34.5 Å². The number of nitrogens with one attached hydrogen (secondary N) is 1. The zero-order valence-electron chi connectivity index (χ0n) is 18.1. The van der Waals surface area contributed by atoms with Crippen LogP contribution in [0.2, 0.25) is 0 Å². The standard InChI is InChI=1S/C25H37NO3/c1-24-11-9-18(29-23(28)22-4-3-13-26-22)14-16(24)5-7-19-20-8-6-17(15-27)25(20,2)12-10-21(19)24/h14-15,17-22,26H,3-13H2,1-2H3/t17-,18+,19?,20?,21?,22+,24?,25?/m1/s1. The predicted octanol–water partition coefficient (Wildman–Crippen LogP) is 4.43. The Hall–Kier alpha value is -1.16. The predicted molar refractivity (Wildman–Crippen MR) is 112 cm³/mol. The summed E-state index contributed by atoms with van der Waals surface area (Å²) in [5, 5.41) is 3.26. The smallest absolute Gasteiger partial charge is 0.323 e. The second-order valence-electron chi connectivity index (χ2n) is 11.1. The van der Waals surface area contributed by atoms with E-state index >= 15 is 0 Å². The van der Waals surface area contributed by atoms with Gasteiger partial charge in [0.2, 0.25) is 0 Å². The summed E-state index contributed by atoms with van der Waals surface area (Å²) >= 11 is 0. The van der Waals surface area contributed by atoms with Gasteiger partial charge < -0.3 is 14.8 Å². The summed E-state index contributed by atoms with van der Waals surface area (Å²) in [6, 6.07) is -0.0957. The van der Waals surface area contributed by atoms with Crippen LogP contribution in [-0.2, 0) is 14.3 Å². The summed E-state index contributed by atoms with van der Waals surface area (Å²) in [7, 11) is 0. The van der Waals surface area contributed by atoms with Crippen LogP contribution in [0.5, 0.6) is 0 Å². The van der Waals surface area contributed by atoms with Crippen LogP contribution < -0.4 is 5.32 Å². The topological polar surface area (TPSA) is 55.4 Å². The molecule has 0 amide bonds. The first-order chi connectivity index (χ1) is 14.0. The lowest BCUT2D eigenvalue weighted by molar-refractivity contribution is -0.150. The van der Waals surface area contributed by atoms with Gasteiger partial charge in [-0.1, -0.05) is 19.4 Å². The van der Waals surface area contributed by atoms with Gasteiger partial charge >= 0.3 is 5.97 Å². The SMILES string of the molecule is CC12CC[C@H](OC(=O)[C@@H]3CCCN3)C=C1CCC1C2CCC2(C)C1CC[C@@H]2C=O. The molecule has 0 spiro atoms. The molecule has 4 nitrogen and oxygen atoms in total. The third kappa shape index (κ3) is 3.04. The lowest BCUT2D eigenvalue weighted by Gasteiger charge is -2.58. The van der Waals surface area contributed by atoms with Crippen LogP contribution in [-0.4, -0.2) is 30.9 Å². The molecule has 1 N–H and O–H groups in total. The number of allylic oxidation sites excluding steroid dienone is 1. The minimum Gasteiger partial charge on any atom is -0.457 e. The molecule has 5 unspecified atom stereocenters. The third-order valence-electron chi connectivity index (χ3n) is 9.92. The number of carbonyl (C=O) groups is 2. The summed E-state index contributed by atoms with van der Waals surface area (Å²) in [6.45, 7) is 5.82. The summed E-state index contributed by atoms with van der Waals surface area (Å²) in [6.07, 6.45) is 14.8. The number of hydrogen-bond acceptors (Lipinski definition) is 4. The maximum atomic E-state index is 12.5. The van der Waals surface area contributed by atoms with E-state index in [4.69, 9.17) is 4.74 Å². The molecule has 0 aromatic heterocycles. The molecular formula is C25H37NO3. The van der Waals surface area contributed by atoms with E-state index in [9.17, 15) is 9.59 Å². The number of carbonyl (C=O) groups excluding carboxylic acids is 2. The number of fused-ring (bicyclic) bond motifs is 5. The maximum Gasteiger partial charge on any atom is 0.323 e. The second kappa shape index (κ2) is 7.21. The van der Waals surface area contributed by atoms with Gasteiger partial charge in [0.05, 0.1) is 0 Å². The van der Waals surface area contributed by atoms with E-state index < -0.39 is 0 Å². The summed E-state index contributed by atoms with van der Waals surface area (Å²) in [5.74, 6) is 2.44. The first kappa shape index (κ1) is 19.8. The molecule has 3 saturated carbocycles. The molecule has 1 saturated heterocycles. The van der Waals surface area contributed by atoms with E-state index in [2.05, 4.69) is 25.2 Å². The molecule has 160 valence electrons. The van der Waals surface area contributed by atoms with Gasteiger partial charge in [-0.3, -0.25) is 4.79 Å². The molecule has 1 aliphatic heterocycles. The lowest BCUT2D eigenvalue weighted by atomic mass is 9.47. The molecule has 0 radical (unpaired) electrons. The number of esters is 1. The Morgan fingerprint density at radius 1 is 1.10 bits per heavy atom. The molecule has 1 heterocycles. The van der Waals surface area contributed by atoms with Gasteiger partial charge in [-0.15, -0.1) is 0 Å². The van der Waals surface area contributed by atoms with E-state index in [1.54, 1.807) is 5.57 Å². The fourth-order valence-corrected chi connectivity index (χ4v) is 8.17. The Morgan fingerprint density at radius 3 is 2.72 bits per heavy atom. The van der Waals surface area contributed by atoms with E-state index in [0.29, 0.717) is 0 Å². The first-order valence-electron chi connectivity index (χ1n) is 12.1. The molecule has 5 rings (SSSR count). The Morgan fingerprint density at radius 2 is 1.97 bits per heavy atom. The van der Waals surface area contributed by atoms with Gasteiger partial charge in [-0.25, -0.2) is 0 Å². The van der Waals surface area contributed by atoms with Crippen molar-refractivity contribution in [3.63, 3.8) is 0 Å². The summed E-state index contributed by atoms with van der Waals surface area (Å²) in [4.78, 5) is 24.1. The van der Waals surface area contributed by atoms with Crippen molar-refractivity contribution in [2.45, 2.75) is 90.2 Å². The van der Waals surface area contributed by atoms with E-state index in [1.165, 1.54) is 32.0 Å². The van der Waals surface area contributed by atoms with Gasteiger partial charge in [0.25, 0.3) is 0 Å². The highest BCUT2D eigenvalue weighted by molar-refractivity contribution is 5.76. The molecule has 8 atom stereocenters. The number of aldehydes is 1. The van der Waals surface area contributed by atoms with Crippen LogP contribution in [0.3, 0.4) is 0 Å². The fraction of sp³-hybridized carbons (Fsp3) is 0.840. The van der Waals surface area contributed by atoms with Crippen LogP contribution in [0, 0.1) is 34.5 Å². The van der Waals surface area contributed by atoms with Gasteiger partial charge in [-0.2, -0.15) is 0 Å². The van der Waals surface area contributed by atoms with Crippen LogP contribution >= 0.6 is 0 Å². The summed E-state index contributed by atoms with van der Waals surface area (Å²) < 4.78 is 5.90. The highest BCUT2D eigenvalue weighted by Gasteiger charge is 2.58. The van der Waals surface area contributed by atoms with Crippen LogP contribution in [0.25, 0.3) is 0 Å². The second-order valence-corrected chi connectivity index (χ2v) is 11.1. The van der Waals surface area contributed by atoms with Gasteiger partial charge in [0.1, 0.15) is 18.4 Å².